The number of aryl methyl sites for hydroxylation is 3. The lowest BCUT2D eigenvalue weighted by Gasteiger charge is -2.11. The van der Waals surface area contributed by atoms with E-state index < -0.39 is 0 Å². The molecule has 0 unspecified atom stereocenters. The van der Waals surface area contributed by atoms with Crippen LogP contribution in [0.4, 0.5) is 5.82 Å². The summed E-state index contributed by atoms with van der Waals surface area (Å²) in [5, 5.41) is 0. The second-order valence-electron chi connectivity index (χ2n) is 6.18. The van der Waals surface area contributed by atoms with E-state index in [0.717, 1.165) is 25.1 Å². The summed E-state index contributed by atoms with van der Waals surface area (Å²) in [6.45, 7) is 4.26. The monoisotopic (exact) mass is 281 g/mol. The Morgan fingerprint density at radius 2 is 1.67 bits per heavy atom. The highest BCUT2D eigenvalue weighted by Crippen LogP contribution is 2.23. The average Bonchev–Trinajstić information content (AvgIpc) is 2.63. The van der Waals surface area contributed by atoms with Gasteiger partial charge in [-0.3, -0.25) is 0 Å². The molecule has 0 fully saturated rings. The molecule has 0 aliphatic heterocycles. The fourth-order valence-electron chi connectivity index (χ4n) is 3.29. The van der Waals surface area contributed by atoms with Crippen LogP contribution >= 0.6 is 0 Å². The number of anilines is 1. The average molecular weight is 281 g/mol. The highest BCUT2D eigenvalue weighted by molar-refractivity contribution is 5.43. The zero-order valence-electron chi connectivity index (χ0n) is 12.9. The third-order valence-corrected chi connectivity index (χ3v) is 4.16. The lowest BCUT2D eigenvalue weighted by atomic mass is 10.0. The van der Waals surface area contributed by atoms with Crippen molar-refractivity contribution in [3.8, 4) is 0 Å². The molecular formula is C18H23N3. The molecule has 0 atom stereocenters. The normalized spacial score (nSPS) is 14.6. The van der Waals surface area contributed by atoms with Crippen molar-refractivity contribution in [2.45, 2.75) is 52.4 Å². The lowest BCUT2D eigenvalue weighted by Crippen LogP contribution is -2.09. The number of nitrogen functional groups attached to an aromatic ring is 1. The molecule has 21 heavy (non-hydrogen) atoms. The summed E-state index contributed by atoms with van der Waals surface area (Å²) in [5.74, 6) is 1.56. The lowest BCUT2D eigenvalue weighted by molar-refractivity contribution is 0.708. The summed E-state index contributed by atoms with van der Waals surface area (Å²) in [7, 11) is 0. The molecule has 0 radical (unpaired) electrons. The molecule has 110 valence electrons. The largest absolute Gasteiger partial charge is 0.383 e. The van der Waals surface area contributed by atoms with Crippen LogP contribution in [-0.2, 0) is 19.3 Å². The number of aromatic nitrogens is 2. The zero-order chi connectivity index (χ0) is 14.8. The molecular weight excluding hydrogens is 258 g/mol. The zero-order valence-corrected chi connectivity index (χ0v) is 12.9. The van der Waals surface area contributed by atoms with Gasteiger partial charge in [-0.1, -0.05) is 35.7 Å². The smallest absolute Gasteiger partial charge is 0.135 e. The van der Waals surface area contributed by atoms with Crippen molar-refractivity contribution in [2.24, 2.45) is 0 Å². The van der Waals surface area contributed by atoms with Crippen molar-refractivity contribution in [3.05, 3.63) is 52.0 Å². The first-order valence-electron chi connectivity index (χ1n) is 7.83. The minimum absolute atomic E-state index is 0.696. The molecule has 0 spiro atoms. The van der Waals surface area contributed by atoms with E-state index in [2.05, 4.69) is 37.0 Å². The number of nitrogens with zero attached hydrogens (tertiary/aromatic N) is 2. The molecule has 0 saturated heterocycles. The van der Waals surface area contributed by atoms with E-state index in [1.54, 1.807) is 0 Å². The molecule has 1 aliphatic carbocycles. The standard InChI is InChI=1S/C18H23N3/c1-12-8-13(2)10-14(9-12)11-17-20-16-7-5-3-4-6-15(16)18(19)21-17/h8-10H,3-7,11H2,1-2H3,(H2,19,20,21). The molecule has 3 heteroatoms. The van der Waals surface area contributed by atoms with Gasteiger partial charge in [0.05, 0.1) is 0 Å². The first-order chi connectivity index (χ1) is 10.1. The topological polar surface area (TPSA) is 51.8 Å². The Kier molecular flexibility index (Phi) is 3.91. The first kappa shape index (κ1) is 14.1. The molecule has 0 amide bonds. The molecule has 0 bridgehead atoms. The predicted molar refractivity (Wildman–Crippen MR) is 86.4 cm³/mol. The van der Waals surface area contributed by atoms with Crippen LogP contribution in [0, 0.1) is 13.8 Å². The molecule has 3 nitrogen and oxygen atoms in total. The van der Waals surface area contributed by atoms with E-state index in [4.69, 9.17) is 10.7 Å². The second kappa shape index (κ2) is 5.84. The van der Waals surface area contributed by atoms with Crippen LogP contribution in [0.5, 0.6) is 0 Å². The van der Waals surface area contributed by atoms with Crippen molar-refractivity contribution >= 4 is 5.82 Å². The molecule has 1 heterocycles. The maximum atomic E-state index is 6.17. The van der Waals surface area contributed by atoms with E-state index >= 15 is 0 Å². The van der Waals surface area contributed by atoms with Gasteiger partial charge in [-0.25, -0.2) is 9.97 Å². The summed E-state index contributed by atoms with van der Waals surface area (Å²) in [5.41, 5.74) is 12.4. The summed E-state index contributed by atoms with van der Waals surface area (Å²) < 4.78 is 0. The number of nitrogens with two attached hydrogens (primary N) is 1. The molecule has 1 aromatic heterocycles. The highest BCUT2D eigenvalue weighted by Gasteiger charge is 2.15. The number of benzene rings is 1. The van der Waals surface area contributed by atoms with Gasteiger partial charge in [0.2, 0.25) is 0 Å². The molecule has 3 rings (SSSR count). The van der Waals surface area contributed by atoms with E-state index in [1.165, 1.54) is 47.2 Å². The Hall–Kier alpha value is -1.90. The number of rotatable bonds is 2. The highest BCUT2D eigenvalue weighted by atomic mass is 15.0. The van der Waals surface area contributed by atoms with Crippen molar-refractivity contribution in [3.63, 3.8) is 0 Å². The Bertz CT molecular complexity index is 642. The molecule has 1 aliphatic rings. The SMILES string of the molecule is Cc1cc(C)cc(Cc2nc(N)c3c(n2)CCCCC3)c1. The quantitative estimate of drug-likeness (QED) is 0.857. The summed E-state index contributed by atoms with van der Waals surface area (Å²) in [4.78, 5) is 9.35. The van der Waals surface area contributed by atoms with Crippen LogP contribution in [-0.4, -0.2) is 9.97 Å². The van der Waals surface area contributed by atoms with Gasteiger partial charge in [-0.15, -0.1) is 0 Å². The fourth-order valence-corrected chi connectivity index (χ4v) is 3.29. The van der Waals surface area contributed by atoms with Gasteiger partial charge in [0.15, 0.2) is 0 Å². The Morgan fingerprint density at radius 1 is 0.952 bits per heavy atom. The minimum Gasteiger partial charge on any atom is -0.383 e. The fraction of sp³-hybridized carbons (Fsp3) is 0.444. The minimum atomic E-state index is 0.696. The molecule has 2 aromatic rings. The van der Waals surface area contributed by atoms with Gasteiger partial charge in [-0.2, -0.15) is 0 Å². The van der Waals surface area contributed by atoms with Crippen LogP contribution < -0.4 is 5.73 Å². The van der Waals surface area contributed by atoms with Gasteiger partial charge in [0.1, 0.15) is 11.6 Å². The van der Waals surface area contributed by atoms with E-state index in [9.17, 15) is 0 Å². The molecule has 0 saturated carbocycles. The van der Waals surface area contributed by atoms with Crippen molar-refractivity contribution in [2.75, 3.05) is 5.73 Å². The van der Waals surface area contributed by atoms with E-state index in [-0.39, 0.29) is 0 Å². The predicted octanol–water partition coefficient (Wildman–Crippen LogP) is 3.54. The Labute approximate surface area is 126 Å². The van der Waals surface area contributed by atoms with Crippen LogP contribution in [0.2, 0.25) is 0 Å². The Balaban J connectivity index is 1.92. The van der Waals surface area contributed by atoms with E-state index in [1.807, 2.05) is 0 Å². The number of fused-ring (bicyclic) bond motifs is 1. The summed E-state index contributed by atoms with van der Waals surface area (Å²) in [6, 6.07) is 6.60. The van der Waals surface area contributed by atoms with Crippen molar-refractivity contribution in [1.29, 1.82) is 0 Å². The number of hydrogen-bond donors (Lipinski definition) is 1. The van der Waals surface area contributed by atoms with Gasteiger partial charge in [-0.05, 0) is 45.1 Å². The molecule has 2 N–H and O–H groups in total. The second-order valence-corrected chi connectivity index (χ2v) is 6.18. The van der Waals surface area contributed by atoms with Gasteiger partial charge >= 0.3 is 0 Å². The van der Waals surface area contributed by atoms with Gasteiger partial charge in [0.25, 0.3) is 0 Å². The molecule has 1 aromatic carbocycles. The van der Waals surface area contributed by atoms with Crippen LogP contribution in [0.3, 0.4) is 0 Å². The van der Waals surface area contributed by atoms with Crippen molar-refractivity contribution < 1.29 is 0 Å². The maximum absolute atomic E-state index is 6.17. The number of hydrogen-bond acceptors (Lipinski definition) is 3. The first-order valence-corrected chi connectivity index (χ1v) is 7.83. The summed E-state index contributed by atoms with van der Waals surface area (Å²) in [6.07, 6.45) is 6.53. The van der Waals surface area contributed by atoms with Crippen LogP contribution in [0.25, 0.3) is 0 Å². The maximum Gasteiger partial charge on any atom is 0.135 e. The van der Waals surface area contributed by atoms with Crippen molar-refractivity contribution in [1.82, 2.24) is 9.97 Å². The van der Waals surface area contributed by atoms with Gasteiger partial charge < -0.3 is 5.73 Å². The van der Waals surface area contributed by atoms with E-state index in [0.29, 0.717) is 5.82 Å². The van der Waals surface area contributed by atoms with Crippen LogP contribution in [0.1, 0.15) is 53.0 Å². The van der Waals surface area contributed by atoms with Crippen LogP contribution in [0.15, 0.2) is 18.2 Å². The third-order valence-electron chi connectivity index (χ3n) is 4.16. The third kappa shape index (κ3) is 3.23. The summed E-state index contributed by atoms with van der Waals surface area (Å²) >= 11 is 0. The van der Waals surface area contributed by atoms with Gasteiger partial charge in [0, 0.05) is 17.7 Å². The Morgan fingerprint density at radius 3 is 2.43 bits per heavy atom.